The predicted molar refractivity (Wildman–Crippen MR) is 146 cm³/mol. The van der Waals surface area contributed by atoms with E-state index in [4.69, 9.17) is 4.18 Å². The van der Waals surface area contributed by atoms with Gasteiger partial charge in [-0.05, 0) is 90.3 Å². The molecule has 37 heavy (non-hydrogen) atoms. The molecule has 3 aromatic carbocycles. The topological polar surface area (TPSA) is 102 Å². The van der Waals surface area contributed by atoms with Crippen LogP contribution >= 0.6 is 0 Å². The molecule has 194 valence electrons. The smallest absolute Gasteiger partial charge is 0.339 e. The van der Waals surface area contributed by atoms with Gasteiger partial charge < -0.3 is 14.8 Å². The van der Waals surface area contributed by atoms with Crippen molar-refractivity contribution in [1.29, 1.82) is 0 Å². The van der Waals surface area contributed by atoms with Crippen molar-refractivity contribution in [2.24, 2.45) is 0 Å². The minimum atomic E-state index is -4.18. The molecule has 7 nitrogen and oxygen atoms in total. The number of anilines is 2. The first-order valence-electron chi connectivity index (χ1n) is 12.2. The molecule has 0 bridgehead atoms. The van der Waals surface area contributed by atoms with E-state index in [1.165, 1.54) is 41.5 Å². The number of fused-ring (bicyclic) bond motifs is 1. The van der Waals surface area contributed by atoms with Crippen LogP contribution in [0.4, 0.5) is 16.2 Å². The number of aryl methyl sites for hydroxylation is 1. The number of carbonyl (C=O) groups excluding carboxylic acids is 1. The van der Waals surface area contributed by atoms with Gasteiger partial charge in [-0.15, -0.1) is 0 Å². The monoisotopic (exact) mass is 520 g/mol. The third kappa shape index (κ3) is 5.85. The number of rotatable bonds is 5. The molecule has 0 spiro atoms. The molecule has 0 radical (unpaired) electrons. The van der Waals surface area contributed by atoms with Crippen molar-refractivity contribution in [1.82, 2.24) is 0 Å². The van der Waals surface area contributed by atoms with Gasteiger partial charge in [0, 0.05) is 11.4 Å². The minimum Gasteiger partial charge on any atom is -0.375 e. The number of urea groups is 1. The number of hydrogen-bond donors (Lipinski definition) is 2. The standard InChI is InChI=1S/C29H32N2O5S/c1-19-6-11-22(12-7-19)37(34,35)36-26-15-10-20(9-14-25(26)32)30-27(33)31-21-8-13-23-24(18-21)29(4,5)17-16-28(23,2)3/h6-15,18H,16-17H2,1-5H3,(H2,30,31,33). The molecular weight excluding hydrogens is 488 g/mol. The average molecular weight is 521 g/mol. The van der Waals surface area contributed by atoms with Gasteiger partial charge in [-0.2, -0.15) is 8.42 Å². The summed E-state index contributed by atoms with van der Waals surface area (Å²) >= 11 is 0. The SMILES string of the molecule is Cc1ccc(S(=O)(=O)Oc2ccc(NC(=O)Nc3ccc4c(c3)C(C)(C)CCC4(C)C)ccc2=O)cc1. The Bertz CT molecular complexity index is 1510. The summed E-state index contributed by atoms with van der Waals surface area (Å²) in [5.74, 6) is -0.367. The highest BCUT2D eigenvalue weighted by molar-refractivity contribution is 7.87. The van der Waals surface area contributed by atoms with Gasteiger partial charge >= 0.3 is 16.1 Å². The quantitative estimate of drug-likeness (QED) is 0.395. The van der Waals surface area contributed by atoms with Gasteiger partial charge in [0.25, 0.3) is 0 Å². The van der Waals surface area contributed by atoms with E-state index in [0.717, 1.165) is 24.5 Å². The number of nitrogens with one attached hydrogen (secondary N) is 2. The molecule has 3 aromatic rings. The molecule has 0 fully saturated rings. The van der Waals surface area contributed by atoms with Crippen LogP contribution in [0.1, 0.15) is 57.2 Å². The van der Waals surface area contributed by atoms with Gasteiger partial charge in [-0.1, -0.05) is 51.5 Å². The number of benzene rings is 2. The number of hydrogen-bond acceptors (Lipinski definition) is 5. The third-order valence-corrected chi connectivity index (χ3v) is 8.20. The Morgan fingerprint density at radius 1 is 0.784 bits per heavy atom. The molecule has 0 saturated carbocycles. The molecule has 0 aromatic heterocycles. The summed E-state index contributed by atoms with van der Waals surface area (Å²) in [4.78, 5) is 25.1. The van der Waals surface area contributed by atoms with Gasteiger partial charge in [-0.3, -0.25) is 4.79 Å². The van der Waals surface area contributed by atoms with Crippen LogP contribution < -0.4 is 20.2 Å². The van der Waals surface area contributed by atoms with Gasteiger partial charge in [0.05, 0.1) is 0 Å². The molecule has 0 saturated heterocycles. The van der Waals surface area contributed by atoms with Crippen molar-refractivity contribution in [3.8, 4) is 5.75 Å². The summed E-state index contributed by atoms with van der Waals surface area (Å²) < 4.78 is 30.3. The maximum atomic E-state index is 12.7. The predicted octanol–water partition coefficient (Wildman–Crippen LogP) is 6.12. The first kappa shape index (κ1) is 26.4. The molecule has 0 unspecified atom stereocenters. The van der Waals surface area contributed by atoms with E-state index in [2.05, 4.69) is 44.4 Å². The lowest BCUT2D eigenvalue weighted by molar-refractivity contribution is 0.262. The Morgan fingerprint density at radius 3 is 2.03 bits per heavy atom. The van der Waals surface area contributed by atoms with Crippen LogP contribution in [0, 0.1) is 6.92 Å². The van der Waals surface area contributed by atoms with E-state index < -0.39 is 21.6 Å². The van der Waals surface area contributed by atoms with E-state index in [1.807, 2.05) is 19.1 Å². The molecule has 8 heteroatoms. The first-order chi connectivity index (χ1) is 17.3. The van der Waals surface area contributed by atoms with Crippen molar-refractivity contribution in [3.63, 3.8) is 0 Å². The van der Waals surface area contributed by atoms with Crippen LogP contribution in [0.2, 0.25) is 0 Å². The highest BCUT2D eigenvalue weighted by Crippen LogP contribution is 2.46. The van der Waals surface area contributed by atoms with Crippen LogP contribution in [0.3, 0.4) is 0 Å². The Morgan fingerprint density at radius 2 is 1.35 bits per heavy atom. The fraction of sp³-hybridized carbons (Fsp3) is 0.310. The molecule has 2 N–H and O–H groups in total. The maximum absolute atomic E-state index is 12.7. The summed E-state index contributed by atoms with van der Waals surface area (Å²) in [5.41, 5.74) is 3.83. The molecule has 4 rings (SSSR count). The van der Waals surface area contributed by atoms with Gasteiger partial charge in [0.15, 0.2) is 5.75 Å². The Hall–Kier alpha value is -3.65. The molecule has 0 aliphatic heterocycles. The van der Waals surface area contributed by atoms with Crippen LogP contribution in [0.15, 0.2) is 76.4 Å². The lowest BCUT2D eigenvalue weighted by Gasteiger charge is -2.42. The van der Waals surface area contributed by atoms with Gasteiger partial charge in [-0.25, -0.2) is 4.79 Å². The van der Waals surface area contributed by atoms with E-state index in [-0.39, 0.29) is 21.5 Å². The zero-order chi connectivity index (χ0) is 27.0. The molecule has 1 aliphatic rings. The van der Waals surface area contributed by atoms with Crippen LogP contribution in [-0.2, 0) is 20.9 Å². The molecule has 0 heterocycles. The van der Waals surface area contributed by atoms with E-state index in [9.17, 15) is 18.0 Å². The highest BCUT2D eigenvalue weighted by atomic mass is 32.2. The lowest BCUT2D eigenvalue weighted by Crippen LogP contribution is -2.34. The number of amides is 2. The lowest BCUT2D eigenvalue weighted by atomic mass is 9.63. The Labute approximate surface area is 218 Å². The zero-order valence-corrected chi connectivity index (χ0v) is 22.5. The van der Waals surface area contributed by atoms with Crippen LogP contribution in [-0.4, -0.2) is 14.4 Å². The average Bonchev–Trinajstić information content (AvgIpc) is 2.98. The normalized spacial score (nSPS) is 15.8. The fourth-order valence-corrected chi connectivity index (χ4v) is 5.47. The van der Waals surface area contributed by atoms with Crippen molar-refractivity contribution in [3.05, 3.63) is 93.6 Å². The van der Waals surface area contributed by atoms with Crippen molar-refractivity contribution >= 4 is 27.5 Å². The molecule has 2 amide bonds. The number of carbonyl (C=O) groups is 1. The highest BCUT2D eigenvalue weighted by Gasteiger charge is 2.37. The summed E-state index contributed by atoms with van der Waals surface area (Å²) in [6.45, 7) is 10.7. The Kier molecular flexibility index (Phi) is 6.90. The molecule has 0 atom stereocenters. The zero-order valence-electron chi connectivity index (χ0n) is 21.7. The second kappa shape index (κ2) is 9.67. The first-order valence-corrected chi connectivity index (χ1v) is 13.6. The van der Waals surface area contributed by atoms with Crippen LogP contribution in [0.5, 0.6) is 5.75 Å². The third-order valence-electron chi connectivity index (χ3n) is 6.95. The maximum Gasteiger partial charge on any atom is 0.339 e. The second-order valence-corrected chi connectivity index (χ2v) is 12.4. The second-order valence-electron chi connectivity index (χ2n) is 10.8. The Balaban J connectivity index is 1.50. The van der Waals surface area contributed by atoms with E-state index >= 15 is 0 Å². The molecular formula is C29H32N2O5S. The fourth-order valence-electron chi connectivity index (χ4n) is 4.53. The van der Waals surface area contributed by atoms with Crippen molar-refractivity contribution < 1.29 is 17.4 Å². The summed E-state index contributed by atoms with van der Waals surface area (Å²) in [6, 6.07) is 16.8. The van der Waals surface area contributed by atoms with Gasteiger partial charge in [0.2, 0.25) is 5.43 Å². The van der Waals surface area contributed by atoms with Crippen LogP contribution in [0.25, 0.3) is 0 Å². The summed E-state index contributed by atoms with van der Waals surface area (Å²) in [5, 5.41) is 5.54. The largest absolute Gasteiger partial charge is 0.375 e. The van der Waals surface area contributed by atoms with Crippen molar-refractivity contribution in [2.75, 3.05) is 10.6 Å². The molecule has 1 aliphatic carbocycles. The van der Waals surface area contributed by atoms with E-state index in [0.29, 0.717) is 11.4 Å². The van der Waals surface area contributed by atoms with E-state index in [1.54, 1.807) is 12.1 Å². The summed E-state index contributed by atoms with van der Waals surface area (Å²) in [6.07, 6.45) is 2.16. The van der Waals surface area contributed by atoms with Crippen molar-refractivity contribution in [2.45, 2.75) is 63.2 Å². The minimum absolute atomic E-state index is 0.00600. The van der Waals surface area contributed by atoms with Gasteiger partial charge in [0.1, 0.15) is 4.90 Å². The summed E-state index contributed by atoms with van der Waals surface area (Å²) in [7, 11) is -4.18.